The van der Waals surface area contributed by atoms with Crippen LogP contribution in [0.3, 0.4) is 0 Å². The Balaban J connectivity index is 2.11. The van der Waals surface area contributed by atoms with Crippen molar-refractivity contribution >= 4 is 85.7 Å². The van der Waals surface area contributed by atoms with E-state index < -0.39 is 11.6 Å². The first-order valence-electron chi connectivity index (χ1n) is 9.48. The minimum atomic E-state index is -0.419. The first-order valence-corrected chi connectivity index (χ1v) is 11.1. The van der Waals surface area contributed by atoms with Gasteiger partial charge in [-0.05, 0) is 56.6 Å². The smallest absolute Gasteiger partial charge is 0.131 e. The summed E-state index contributed by atoms with van der Waals surface area (Å²) < 4.78 is 32.5. The summed E-state index contributed by atoms with van der Waals surface area (Å²) in [5, 5.41) is 7.61. The maximum atomic E-state index is 15.3. The fourth-order valence-electron chi connectivity index (χ4n) is 4.67. The van der Waals surface area contributed by atoms with Gasteiger partial charge in [-0.2, -0.15) is 0 Å². The van der Waals surface area contributed by atoms with Crippen LogP contribution in [0.1, 0.15) is 0 Å². The molecule has 6 rings (SSSR count). The monoisotopic (exact) mass is 520 g/mol. The van der Waals surface area contributed by atoms with Crippen molar-refractivity contribution in [3.63, 3.8) is 0 Å². The highest BCUT2D eigenvalue weighted by Crippen LogP contribution is 2.46. The van der Waals surface area contributed by atoms with Gasteiger partial charge in [-0.3, -0.25) is 0 Å². The number of fused-ring (bicyclic) bond motifs is 10. The van der Waals surface area contributed by atoms with E-state index in [0.717, 1.165) is 52.0 Å². The predicted molar refractivity (Wildman–Crippen MR) is 129 cm³/mol. The number of benzene rings is 6. The Bertz CT molecular complexity index is 1560. The summed E-state index contributed by atoms with van der Waals surface area (Å²) in [6.45, 7) is 0. The minimum Gasteiger partial charge on any atom is -0.206 e. The van der Waals surface area contributed by atoms with Gasteiger partial charge in [0.25, 0.3) is 0 Å². The number of hydrogen-bond donors (Lipinski definition) is 0. The Morgan fingerprint density at radius 1 is 0.433 bits per heavy atom. The van der Waals surface area contributed by atoms with Gasteiger partial charge in [0.05, 0.1) is 0 Å². The summed E-state index contributed by atoms with van der Waals surface area (Å²) in [4.78, 5) is 0. The van der Waals surface area contributed by atoms with Crippen LogP contribution in [0.4, 0.5) is 8.78 Å². The molecule has 144 valence electrons. The lowest BCUT2D eigenvalue weighted by Gasteiger charge is -2.17. The first kappa shape index (κ1) is 18.2. The molecule has 0 fully saturated rings. The van der Waals surface area contributed by atoms with Gasteiger partial charge in [0.15, 0.2) is 0 Å². The maximum absolute atomic E-state index is 15.3. The van der Waals surface area contributed by atoms with Crippen LogP contribution in [0.2, 0.25) is 0 Å². The zero-order valence-corrected chi connectivity index (χ0v) is 18.6. The molecule has 0 heterocycles. The van der Waals surface area contributed by atoms with E-state index in [1.807, 2.05) is 60.7 Å². The minimum absolute atomic E-state index is 0.327. The number of rotatable bonds is 0. The Hall–Kier alpha value is -2.56. The molecule has 4 heteroatoms. The molecule has 0 saturated heterocycles. The average molecular weight is 522 g/mol. The zero-order chi connectivity index (χ0) is 20.6. The molecule has 6 aromatic rings. The van der Waals surface area contributed by atoms with Crippen LogP contribution in [0.15, 0.2) is 81.7 Å². The molecule has 30 heavy (non-hydrogen) atoms. The van der Waals surface area contributed by atoms with E-state index in [0.29, 0.717) is 10.8 Å². The summed E-state index contributed by atoms with van der Waals surface area (Å²) in [5.41, 5.74) is 0. The van der Waals surface area contributed by atoms with Crippen LogP contribution < -0.4 is 0 Å². The van der Waals surface area contributed by atoms with Crippen LogP contribution >= 0.6 is 31.9 Å². The van der Waals surface area contributed by atoms with Crippen LogP contribution in [0, 0.1) is 11.6 Å². The fourth-order valence-corrected chi connectivity index (χ4v) is 5.82. The van der Waals surface area contributed by atoms with Crippen molar-refractivity contribution in [3.8, 4) is 0 Å². The van der Waals surface area contributed by atoms with Crippen LogP contribution in [-0.2, 0) is 0 Å². The van der Waals surface area contributed by atoms with Gasteiger partial charge in [0.1, 0.15) is 11.6 Å². The molecule has 0 aliphatic heterocycles. The lowest BCUT2D eigenvalue weighted by atomic mass is 9.88. The summed E-state index contributed by atoms with van der Waals surface area (Å²) in [5.74, 6) is -0.837. The molecule has 0 aliphatic rings. The predicted octanol–water partition coefficient (Wildman–Crippen LogP) is 9.26. The molecule has 0 unspecified atom stereocenters. The molecular weight excluding hydrogens is 510 g/mol. The molecule has 0 spiro atoms. The molecule has 0 bridgehead atoms. The highest BCUT2D eigenvalue weighted by molar-refractivity contribution is 9.11. The van der Waals surface area contributed by atoms with E-state index in [4.69, 9.17) is 0 Å². The molecular formula is C26H12Br2F2. The Kier molecular flexibility index (Phi) is 3.93. The summed E-state index contributed by atoms with van der Waals surface area (Å²) in [6.07, 6.45) is 0. The quantitative estimate of drug-likeness (QED) is 0.175. The molecule has 0 aliphatic carbocycles. The Morgan fingerprint density at radius 3 is 1.20 bits per heavy atom. The maximum Gasteiger partial charge on any atom is 0.131 e. The second-order valence-electron chi connectivity index (χ2n) is 7.43. The summed E-state index contributed by atoms with van der Waals surface area (Å²) >= 11 is 7.38. The van der Waals surface area contributed by atoms with E-state index in [9.17, 15) is 0 Å². The van der Waals surface area contributed by atoms with Gasteiger partial charge in [-0.1, -0.05) is 80.4 Å². The van der Waals surface area contributed by atoms with E-state index in [1.54, 1.807) is 0 Å². The van der Waals surface area contributed by atoms with Gasteiger partial charge in [-0.25, -0.2) is 8.78 Å². The van der Waals surface area contributed by atoms with Gasteiger partial charge >= 0.3 is 0 Å². The molecule has 0 radical (unpaired) electrons. The van der Waals surface area contributed by atoms with Crippen LogP contribution in [0.5, 0.6) is 0 Å². The standard InChI is InChI=1S/C26H12Br2F2/c27-19-11-17-18-12-20(28)14-6-2-4-8-16(14)24(18)26-22(30)10-9-21(29)25(26)23(17)15-7-3-1-5-13(15)19/h1-12H. The van der Waals surface area contributed by atoms with Crippen molar-refractivity contribution < 1.29 is 8.78 Å². The molecule has 0 amide bonds. The van der Waals surface area contributed by atoms with Crippen molar-refractivity contribution in [2.75, 3.05) is 0 Å². The van der Waals surface area contributed by atoms with Crippen molar-refractivity contribution in [1.29, 1.82) is 0 Å². The van der Waals surface area contributed by atoms with Crippen molar-refractivity contribution in [3.05, 3.63) is 93.4 Å². The van der Waals surface area contributed by atoms with Crippen molar-refractivity contribution in [2.24, 2.45) is 0 Å². The average Bonchev–Trinajstić information content (AvgIpc) is 2.76. The normalized spacial score (nSPS) is 12.0. The molecule has 0 N–H and O–H groups in total. The summed E-state index contributed by atoms with van der Waals surface area (Å²) in [6, 6.07) is 22.1. The number of halogens is 4. The molecule has 0 nitrogen and oxygen atoms in total. The second kappa shape index (κ2) is 6.47. The third-order valence-corrected chi connectivity index (χ3v) is 7.19. The molecule has 6 aromatic carbocycles. The van der Waals surface area contributed by atoms with Crippen LogP contribution in [0.25, 0.3) is 53.9 Å². The third kappa shape index (κ3) is 2.35. The van der Waals surface area contributed by atoms with E-state index in [2.05, 4.69) is 31.9 Å². The van der Waals surface area contributed by atoms with Gasteiger partial charge in [0.2, 0.25) is 0 Å². The molecule has 0 aromatic heterocycles. The SMILES string of the molecule is Fc1ccc(F)c2c1c1c3ccccc3c(Br)cc1c1cc(Br)c3ccccc3c12. The van der Waals surface area contributed by atoms with E-state index >= 15 is 8.78 Å². The third-order valence-electron chi connectivity index (χ3n) is 5.88. The van der Waals surface area contributed by atoms with Gasteiger partial charge in [-0.15, -0.1) is 0 Å². The Morgan fingerprint density at radius 2 is 0.800 bits per heavy atom. The first-order chi connectivity index (χ1) is 14.6. The highest BCUT2D eigenvalue weighted by atomic mass is 79.9. The molecule has 0 atom stereocenters. The van der Waals surface area contributed by atoms with E-state index in [-0.39, 0.29) is 0 Å². The van der Waals surface area contributed by atoms with Crippen LogP contribution in [-0.4, -0.2) is 0 Å². The largest absolute Gasteiger partial charge is 0.206 e. The highest BCUT2D eigenvalue weighted by Gasteiger charge is 2.20. The summed E-state index contributed by atoms with van der Waals surface area (Å²) in [7, 11) is 0. The Labute approximate surface area is 187 Å². The van der Waals surface area contributed by atoms with E-state index in [1.165, 1.54) is 12.1 Å². The van der Waals surface area contributed by atoms with Gasteiger partial charge < -0.3 is 0 Å². The van der Waals surface area contributed by atoms with Crippen molar-refractivity contribution in [2.45, 2.75) is 0 Å². The zero-order valence-electron chi connectivity index (χ0n) is 15.4. The van der Waals surface area contributed by atoms with Crippen molar-refractivity contribution in [1.82, 2.24) is 0 Å². The molecule has 0 saturated carbocycles. The number of hydrogen-bond acceptors (Lipinski definition) is 0. The fraction of sp³-hybridized carbons (Fsp3) is 0. The van der Waals surface area contributed by atoms with Gasteiger partial charge in [0, 0.05) is 30.5 Å². The topological polar surface area (TPSA) is 0 Å². The lowest BCUT2D eigenvalue weighted by molar-refractivity contribution is 0.619. The second-order valence-corrected chi connectivity index (χ2v) is 9.14. The lowest BCUT2D eigenvalue weighted by Crippen LogP contribution is -1.93.